The number of methoxy groups -OCH3 is 1. The number of benzene rings is 2. The van der Waals surface area contributed by atoms with E-state index in [0.29, 0.717) is 17.3 Å². The molecule has 0 fully saturated rings. The van der Waals surface area contributed by atoms with E-state index >= 15 is 0 Å². The molecule has 21 heavy (non-hydrogen) atoms. The first-order chi connectivity index (χ1) is 10.2. The summed E-state index contributed by atoms with van der Waals surface area (Å²) in [5.74, 6) is 0.695. The van der Waals surface area contributed by atoms with Crippen molar-refractivity contribution in [2.24, 2.45) is 5.73 Å². The van der Waals surface area contributed by atoms with Crippen LogP contribution in [0.1, 0.15) is 22.7 Å². The van der Waals surface area contributed by atoms with Crippen molar-refractivity contribution in [2.45, 2.75) is 19.1 Å². The molecule has 2 N–H and O–H groups in total. The molecule has 110 valence electrons. The Kier molecular flexibility index (Phi) is 4.15. The van der Waals surface area contributed by atoms with E-state index in [4.69, 9.17) is 22.1 Å². The van der Waals surface area contributed by atoms with Gasteiger partial charge in [0.2, 0.25) is 0 Å². The highest BCUT2D eigenvalue weighted by molar-refractivity contribution is 6.32. The third-order valence-electron chi connectivity index (χ3n) is 4.09. The van der Waals surface area contributed by atoms with Crippen molar-refractivity contribution in [1.82, 2.24) is 4.90 Å². The van der Waals surface area contributed by atoms with Gasteiger partial charge in [-0.3, -0.25) is 4.90 Å². The lowest BCUT2D eigenvalue weighted by Gasteiger charge is -2.27. The van der Waals surface area contributed by atoms with Crippen molar-refractivity contribution in [2.75, 3.05) is 13.7 Å². The number of nitrogens with two attached hydrogens (primary N) is 1. The fourth-order valence-electron chi connectivity index (χ4n) is 2.97. The molecule has 3 rings (SSSR count). The standard InChI is InChI=1S/C17H19ClN2O/c1-21-17-7-6-12(8-15(17)18)16(9-19)20-10-13-4-2-3-5-14(13)11-20/h2-8,16H,9-11,19H2,1H3. The maximum absolute atomic E-state index is 6.24. The highest BCUT2D eigenvalue weighted by atomic mass is 35.5. The Morgan fingerprint density at radius 2 is 1.86 bits per heavy atom. The second-order valence-electron chi connectivity index (χ2n) is 5.32. The quantitative estimate of drug-likeness (QED) is 0.941. The van der Waals surface area contributed by atoms with Crippen LogP contribution in [0.5, 0.6) is 5.75 Å². The summed E-state index contributed by atoms with van der Waals surface area (Å²) in [6.45, 7) is 2.43. The zero-order valence-corrected chi connectivity index (χ0v) is 12.8. The van der Waals surface area contributed by atoms with Gasteiger partial charge in [-0.2, -0.15) is 0 Å². The van der Waals surface area contributed by atoms with Crippen LogP contribution in [0.2, 0.25) is 5.02 Å². The molecule has 2 aromatic carbocycles. The molecule has 0 saturated heterocycles. The highest BCUT2D eigenvalue weighted by Gasteiger charge is 2.26. The van der Waals surface area contributed by atoms with Crippen LogP contribution in [0.4, 0.5) is 0 Å². The van der Waals surface area contributed by atoms with Gasteiger partial charge in [0, 0.05) is 25.7 Å². The van der Waals surface area contributed by atoms with Gasteiger partial charge in [0.15, 0.2) is 0 Å². The lowest BCUT2D eigenvalue weighted by Crippen LogP contribution is -2.29. The van der Waals surface area contributed by atoms with E-state index in [1.54, 1.807) is 7.11 Å². The molecule has 0 saturated carbocycles. The molecule has 3 nitrogen and oxygen atoms in total. The van der Waals surface area contributed by atoms with Crippen molar-refractivity contribution in [3.05, 3.63) is 64.2 Å². The van der Waals surface area contributed by atoms with Gasteiger partial charge in [-0.15, -0.1) is 0 Å². The molecule has 1 aliphatic heterocycles. The van der Waals surface area contributed by atoms with Gasteiger partial charge in [-0.05, 0) is 28.8 Å². The van der Waals surface area contributed by atoms with Gasteiger partial charge >= 0.3 is 0 Å². The van der Waals surface area contributed by atoms with Crippen molar-refractivity contribution in [1.29, 1.82) is 0 Å². The summed E-state index contributed by atoms with van der Waals surface area (Å²) in [5.41, 5.74) is 9.93. The highest BCUT2D eigenvalue weighted by Crippen LogP contribution is 2.34. The van der Waals surface area contributed by atoms with Gasteiger partial charge in [-0.25, -0.2) is 0 Å². The monoisotopic (exact) mass is 302 g/mol. The fraction of sp³-hybridized carbons (Fsp3) is 0.294. The Bertz CT molecular complexity index is 619. The molecular formula is C17H19ClN2O. The Balaban J connectivity index is 1.85. The average molecular weight is 303 g/mol. The largest absolute Gasteiger partial charge is 0.495 e. The second kappa shape index (κ2) is 6.06. The van der Waals surface area contributed by atoms with Crippen molar-refractivity contribution in [3.8, 4) is 5.75 Å². The predicted molar refractivity (Wildman–Crippen MR) is 85.5 cm³/mol. The summed E-state index contributed by atoms with van der Waals surface area (Å²) in [6.07, 6.45) is 0. The first-order valence-electron chi connectivity index (χ1n) is 7.07. The molecule has 0 bridgehead atoms. The maximum atomic E-state index is 6.24. The predicted octanol–water partition coefficient (Wildman–Crippen LogP) is 3.36. The zero-order valence-electron chi connectivity index (χ0n) is 12.1. The topological polar surface area (TPSA) is 38.5 Å². The molecule has 0 aliphatic carbocycles. The Morgan fingerprint density at radius 1 is 1.19 bits per heavy atom. The van der Waals surface area contributed by atoms with Crippen LogP contribution < -0.4 is 10.5 Å². The van der Waals surface area contributed by atoms with Crippen molar-refractivity contribution in [3.63, 3.8) is 0 Å². The van der Waals surface area contributed by atoms with E-state index in [9.17, 15) is 0 Å². The van der Waals surface area contributed by atoms with Crippen LogP contribution >= 0.6 is 11.6 Å². The normalized spacial score (nSPS) is 15.8. The van der Waals surface area contributed by atoms with E-state index < -0.39 is 0 Å². The minimum absolute atomic E-state index is 0.167. The Morgan fingerprint density at radius 3 is 2.38 bits per heavy atom. The summed E-state index contributed by atoms with van der Waals surface area (Å²) < 4.78 is 5.21. The van der Waals surface area contributed by atoms with Crippen LogP contribution in [-0.2, 0) is 13.1 Å². The molecule has 0 amide bonds. The van der Waals surface area contributed by atoms with E-state index in [2.05, 4.69) is 29.2 Å². The minimum Gasteiger partial charge on any atom is -0.495 e. The summed E-state index contributed by atoms with van der Waals surface area (Å²) in [4.78, 5) is 2.39. The smallest absolute Gasteiger partial charge is 0.137 e. The first-order valence-corrected chi connectivity index (χ1v) is 7.45. The minimum atomic E-state index is 0.167. The number of rotatable bonds is 4. The van der Waals surface area contributed by atoms with Gasteiger partial charge in [0.25, 0.3) is 0 Å². The summed E-state index contributed by atoms with van der Waals surface area (Å²) in [6, 6.07) is 14.6. The van der Waals surface area contributed by atoms with Crippen molar-refractivity contribution >= 4 is 11.6 Å². The third kappa shape index (κ3) is 2.77. The van der Waals surface area contributed by atoms with Gasteiger partial charge in [-0.1, -0.05) is 41.9 Å². The molecular weight excluding hydrogens is 284 g/mol. The number of ether oxygens (including phenoxy) is 1. The van der Waals surface area contributed by atoms with Gasteiger partial charge < -0.3 is 10.5 Å². The SMILES string of the molecule is COc1ccc(C(CN)N2Cc3ccccc3C2)cc1Cl. The lowest BCUT2D eigenvalue weighted by molar-refractivity contribution is 0.205. The molecule has 1 heterocycles. The lowest BCUT2D eigenvalue weighted by atomic mass is 10.1. The van der Waals surface area contributed by atoms with Crippen LogP contribution in [0.25, 0.3) is 0 Å². The number of nitrogens with zero attached hydrogens (tertiary/aromatic N) is 1. The zero-order chi connectivity index (χ0) is 14.8. The van der Waals surface area contributed by atoms with Gasteiger partial charge in [0.05, 0.1) is 12.1 Å². The molecule has 1 unspecified atom stereocenters. The number of halogens is 1. The van der Waals surface area contributed by atoms with E-state index in [-0.39, 0.29) is 6.04 Å². The fourth-order valence-corrected chi connectivity index (χ4v) is 3.23. The molecule has 0 spiro atoms. The van der Waals surface area contributed by atoms with E-state index in [0.717, 1.165) is 18.7 Å². The number of fused-ring (bicyclic) bond motifs is 1. The molecule has 2 aromatic rings. The summed E-state index contributed by atoms with van der Waals surface area (Å²) in [7, 11) is 1.62. The van der Waals surface area contributed by atoms with Crippen LogP contribution in [-0.4, -0.2) is 18.6 Å². The summed E-state index contributed by atoms with van der Waals surface area (Å²) in [5, 5.41) is 0.630. The second-order valence-corrected chi connectivity index (χ2v) is 5.73. The number of hydrogen-bond acceptors (Lipinski definition) is 3. The van der Waals surface area contributed by atoms with Crippen LogP contribution in [0, 0.1) is 0 Å². The van der Waals surface area contributed by atoms with Gasteiger partial charge in [0.1, 0.15) is 5.75 Å². The molecule has 4 heteroatoms. The first kappa shape index (κ1) is 14.4. The maximum Gasteiger partial charge on any atom is 0.137 e. The molecule has 0 aromatic heterocycles. The number of hydrogen-bond donors (Lipinski definition) is 1. The molecule has 1 atom stereocenters. The van der Waals surface area contributed by atoms with Crippen molar-refractivity contribution < 1.29 is 4.74 Å². The van der Waals surface area contributed by atoms with Crippen LogP contribution in [0.15, 0.2) is 42.5 Å². The molecule has 1 aliphatic rings. The summed E-state index contributed by atoms with van der Waals surface area (Å²) >= 11 is 6.24. The van der Waals surface area contributed by atoms with E-state index in [1.165, 1.54) is 11.1 Å². The van der Waals surface area contributed by atoms with E-state index in [1.807, 2.05) is 18.2 Å². The Hall–Kier alpha value is -1.55. The van der Waals surface area contributed by atoms with Crippen LogP contribution in [0.3, 0.4) is 0 Å². The Labute approximate surface area is 130 Å². The molecule has 0 radical (unpaired) electrons. The third-order valence-corrected chi connectivity index (χ3v) is 4.39. The average Bonchev–Trinajstić information content (AvgIpc) is 2.91.